The third-order valence-corrected chi connectivity index (χ3v) is 3.12. The third kappa shape index (κ3) is 2.50. The standard InChI is InChI=1S/C12H17N3S/c1-8-6-5-7-9-10(8)14-15-11(16-9)13-12(2,3)4/h5-7,14H,1-4H3,(H,13,15). The Kier molecular flexibility index (Phi) is 2.84. The number of aryl methyl sites for hydroxylation is 1. The van der Waals surface area contributed by atoms with Gasteiger partial charge in [0, 0.05) is 4.90 Å². The summed E-state index contributed by atoms with van der Waals surface area (Å²) in [6, 6.07) is 6.28. The molecule has 1 aromatic carbocycles. The first-order valence-corrected chi connectivity index (χ1v) is 6.17. The number of hydrazine groups is 1. The van der Waals surface area contributed by atoms with Crippen LogP contribution in [0.1, 0.15) is 26.3 Å². The Balaban J connectivity index is 2.28. The van der Waals surface area contributed by atoms with Gasteiger partial charge in [0.05, 0.1) is 11.2 Å². The SMILES string of the molecule is Cc1cccc2c1NNC(=NC(C)(C)C)S2. The molecule has 0 fully saturated rings. The summed E-state index contributed by atoms with van der Waals surface area (Å²) in [5, 5.41) is 0.922. The van der Waals surface area contributed by atoms with E-state index in [-0.39, 0.29) is 5.54 Å². The van der Waals surface area contributed by atoms with Crippen molar-refractivity contribution in [3.05, 3.63) is 23.8 Å². The molecule has 0 aromatic heterocycles. The predicted molar refractivity (Wildman–Crippen MR) is 71.0 cm³/mol. The van der Waals surface area contributed by atoms with Gasteiger partial charge in [-0.1, -0.05) is 12.1 Å². The minimum absolute atomic E-state index is 0.0572. The van der Waals surface area contributed by atoms with E-state index in [1.165, 1.54) is 10.5 Å². The van der Waals surface area contributed by atoms with Gasteiger partial charge in [-0.15, -0.1) is 0 Å². The molecule has 0 bridgehead atoms. The van der Waals surface area contributed by atoms with Gasteiger partial charge in [-0.3, -0.25) is 15.8 Å². The molecule has 1 heterocycles. The number of benzene rings is 1. The van der Waals surface area contributed by atoms with Crippen LogP contribution in [0.25, 0.3) is 0 Å². The molecule has 16 heavy (non-hydrogen) atoms. The zero-order chi connectivity index (χ0) is 11.8. The number of nitrogens with zero attached hydrogens (tertiary/aromatic N) is 1. The molecular weight excluding hydrogens is 218 g/mol. The zero-order valence-corrected chi connectivity index (χ0v) is 10.9. The highest BCUT2D eigenvalue weighted by Crippen LogP contribution is 2.33. The molecule has 0 atom stereocenters. The highest BCUT2D eigenvalue weighted by atomic mass is 32.2. The second kappa shape index (κ2) is 4.01. The van der Waals surface area contributed by atoms with Gasteiger partial charge in [0.2, 0.25) is 0 Å². The molecule has 1 aliphatic rings. The normalized spacial score (nSPS) is 17.6. The lowest BCUT2D eigenvalue weighted by atomic mass is 10.1. The average Bonchev–Trinajstić information content (AvgIpc) is 2.15. The fourth-order valence-corrected chi connectivity index (χ4v) is 2.58. The Labute approximate surface area is 101 Å². The van der Waals surface area contributed by atoms with E-state index in [2.05, 4.69) is 61.7 Å². The van der Waals surface area contributed by atoms with Gasteiger partial charge in [-0.05, 0) is 51.1 Å². The maximum Gasteiger partial charge on any atom is 0.180 e. The molecule has 0 amide bonds. The van der Waals surface area contributed by atoms with Crippen LogP contribution in [0.4, 0.5) is 5.69 Å². The number of aliphatic imine (C=N–C) groups is 1. The zero-order valence-electron chi connectivity index (χ0n) is 10.1. The van der Waals surface area contributed by atoms with Crippen molar-refractivity contribution in [2.24, 2.45) is 4.99 Å². The van der Waals surface area contributed by atoms with Gasteiger partial charge in [0.25, 0.3) is 0 Å². The molecule has 0 unspecified atom stereocenters. The van der Waals surface area contributed by atoms with Crippen molar-refractivity contribution in [2.75, 3.05) is 5.43 Å². The van der Waals surface area contributed by atoms with E-state index in [1.54, 1.807) is 11.8 Å². The van der Waals surface area contributed by atoms with E-state index in [0.717, 1.165) is 10.9 Å². The third-order valence-electron chi connectivity index (χ3n) is 2.17. The molecule has 4 heteroatoms. The smallest absolute Gasteiger partial charge is 0.180 e. The van der Waals surface area contributed by atoms with Gasteiger partial charge >= 0.3 is 0 Å². The molecule has 2 rings (SSSR count). The minimum atomic E-state index is -0.0572. The fraction of sp³-hybridized carbons (Fsp3) is 0.417. The molecule has 1 aromatic rings. The predicted octanol–water partition coefficient (Wildman–Crippen LogP) is 3.17. The molecule has 0 saturated heterocycles. The summed E-state index contributed by atoms with van der Waals surface area (Å²) in [5.41, 5.74) is 8.68. The first-order valence-electron chi connectivity index (χ1n) is 5.35. The number of rotatable bonds is 0. The van der Waals surface area contributed by atoms with Crippen LogP contribution in [0.15, 0.2) is 28.1 Å². The van der Waals surface area contributed by atoms with Crippen molar-refractivity contribution in [3.8, 4) is 0 Å². The van der Waals surface area contributed by atoms with Crippen molar-refractivity contribution in [1.82, 2.24) is 5.43 Å². The average molecular weight is 235 g/mol. The number of fused-ring (bicyclic) bond motifs is 1. The van der Waals surface area contributed by atoms with E-state index in [4.69, 9.17) is 0 Å². The molecular formula is C12H17N3S. The summed E-state index contributed by atoms with van der Waals surface area (Å²) in [4.78, 5) is 5.83. The summed E-state index contributed by atoms with van der Waals surface area (Å²) in [6.07, 6.45) is 0. The summed E-state index contributed by atoms with van der Waals surface area (Å²) in [6.45, 7) is 8.37. The Morgan fingerprint density at radius 3 is 2.62 bits per heavy atom. The van der Waals surface area contributed by atoms with E-state index < -0.39 is 0 Å². The minimum Gasteiger partial charge on any atom is -0.298 e. The number of thioether (sulfide) groups is 1. The lowest BCUT2D eigenvalue weighted by molar-refractivity contribution is 0.583. The topological polar surface area (TPSA) is 36.4 Å². The van der Waals surface area contributed by atoms with E-state index in [0.29, 0.717) is 0 Å². The number of nitrogens with one attached hydrogen (secondary N) is 2. The number of hydrogen-bond donors (Lipinski definition) is 2. The summed E-state index contributed by atoms with van der Waals surface area (Å²) in [7, 11) is 0. The quantitative estimate of drug-likeness (QED) is 0.725. The Hall–Kier alpha value is -1.16. The molecule has 0 aliphatic carbocycles. The van der Waals surface area contributed by atoms with E-state index >= 15 is 0 Å². The highest BCUT2D eigenvalue weighted by molar-refractivity contribution is 8.14. The van der Waals surface area contributed by atoms with Gasteiger partial charge < -0.3 is 0 Å². The van der Waals surface area contributed by atoms with Crippen molar-refractivity contribution in [1.29, 1.82) is 0 Å². The molecule has 86 valence electrons. The summed E-state index contributed by atoms with van der Waals surface area (Å²) in [5.74, 6) is 0. The highest BCUT2D eigenvalue weighted by Gasteiger charge is 2.17. The van der Waals surface area contributed by atoms with Gasteiger partial charge in [-0.2, -0.15) is 0 Å². The molecule has 2 N–H and O–H groups in total. The number of anilines is 1. The lowest BCUT2D eigenvalue weighted by Crippen LogP contribution is -2.33. The second-order valence-corrected chi connectivity index (χ2v) is 5.92. The Bertz CT molecular complexity index is 432. The van der Waals surface area contributed by atoms with Gasteiger partial charge in [-0.25, -0.2) is 0 Å². The number of hydrogen-bond acceptors (Lipinski definition) is 3. The molecule has 0 saturated carbocycles. The maximum atomic E-state index is 4.60. The van der Waals surface area contributed by atoms with Crippen LogP contribution < -0.4 is 10.9 Å². The number of amidine groups is 1. The van der Waals surface area contributed by atoms with Crippen LogP contribution in [0.3, 0.4) is 0 Å². The second-order valence-electron chi connectivity index (χ2n) is 4.89. The lowest BCUT2D eigenvalue weighted by Gasteiger charge is -2.24. The van der Waals surface area contributed by atoms with Crippen molar-refractivity contribution in [3.63, 3.8) is 0 Å². The summed E-state index contributed by atoms with van der Waals surface area (Å²) < 4.78 is 0. The van der Waals surface area contributed by atoms with Crippen LogP contribution in [-0.4, -0.2) is 10.7 Å². The number of para-hydroxylation sites is 1. The van der Waals surface area contributed by atoms with E-state index in [9.17, 15) is 0 Å². The first kappa shape index (κ1) is 11.3. The summed E-state index contributed by atoms with van der Waals surface area (Å²) >= 11 is 1.67. The van der Waals surface area contributed by atoms with Crippen molar-refractivity contribution < 1.29 is 0 Å². The Morgan fingerprint density at radius 2 is 1.94 bits per heavy atom. The first-order chi connectivity index (χ1) is 7.46. The van der Waals surface area contributed by atoms with Gasteiger partial charge in [0.15, 0.2) is 5.17 Å². The monoisotopic (exact) mass is 235 g/mol. The van der Waals surface area contributed by atoms with Crippen LogP contribution in [0, 0.1) is 6.92 Å². The largest absolute Gasteiger partial charge is 0.298 e. The van der Waals surface area contributed by atoms with E-state index in [1.807, 2.05) is 0 Å². The van der Waals surface area contributed by atoms with Crippen molar-refractivity contribution >= 4 is 22.6 Å². The van der Waals surface area contributed by atoms with Crippen LogP contribution in [0.2, 0.25) is 0 Å². The maximum absolute atomic E-state index is 4.60. The van der Waals surface area contributed by atoms with Crippen LogP contribution in [0.5, 0.6) is 0 Å². The van der Waals surface area contributed by atoms with Crippen LogP contribution >= 0.6 is 11.8 Å². The molecule has 3 nitrogen and oxygen atoms in total. The molecule has 0 spiro atoms. The molecule has 1 aliphatic heterocycles. The Morgan fingerprint density at radius 1 is 1.19 bits per heavy atom. The van der Waals surface area contributed by atoms with Crippen LogP contribution in [-0.2, 0) is 0 Å². The fourth-order valence-electron chi connectivity index (χ4n) is 1.49. The molecule has 0 radical (unpaired) electrons. The van der Waals surface area contributed by atoms with Crippen molar-refractivity contribution in [2.45, 2.75) is 38.1 Å². The van der Waals surface area contributed by atoms with Gasteiger partial charge in [0.1, 0.15) is 0 Å².